The summed E-state index contributed by atoms with van der Waals surface area (Å²) in [4.78, 5) is 8.69. The SMILES string of the molecule is O=[PH](O)OC(CCCc1ccc(Oc2ccccc2)cc1)S(=O)(=O)O.[KH]. The van der Waals surface area contributed by atoms with Crippen molar-refractivity contribution in [2.24, 2.45) is 0 Å². The van der Waals surface area contributed by atoms with Crippen LogP contribution in [-0.2, 0) is 25.6 Å². The molecule has 0 saturated heterocycles. The molecule has 0 spiro atoms. The average molecular weight is 426 g/mol. The first-order valence-corrected chi connectivity index (χ1v) is 10.3. The third kappa shape index (κ3) is 8.75. The Kier molecular flexibility index (Phi) is 10.8. The number of hydrogen-bond donors (Lipinski definition) is 2. The summed E-state index contributed by atoms with van der Waals surface area (Å²) in [6.07, 6.45) is 0.796. The third-order valence-electron chi connectivity index (χ3n) is 3.37. The maximum atomic E-state index is 11.1. The van der Waals surface area contributed by atoms with Gasteiger partial charge >= 0.3 is 59.6 Å². The van der Waals surface area contributed by atoms with E-state index in [9.17, 15) is 13.0 Å². The second-order valence-corrected chi connectivity index (χ2v) is 7.60. The Morgan fingerprint density at radius 3 is 2.12 bits per heavy atom. The molecule has 2 atom stereocenters. The van der Waals surface area contributed by atoms with Crippen molar-refractivity contribution in [1.82, 2.24) is 0 Å². The number of ether oxygens (including phenoxy) is 1. The second-order valence-electron chi connectivity index (χ2n) is 5.28. The maximum absolute atomic E-state index is 11.1. The zero-order chi connectivity index (χ0) is 18.3. The molecule has 0 amide bonds. The summed E-state index contributed by atoms with van der Waals surface area (Å²) in [5.41, 5.74) is -0.754. The van der Waals surface area contributed by atoms with E-state index in [1.165, 1.54) is 0 Å². The van der Waals surface area contributed by atoms with Crippen LogP contribution >= 0.6 is 8.25 Å². The number of hydrogen-bond acceptors (Lipinski definition) is 5. The van der Waals surface area contributed by atoms with Gasteiger partial charge < -0.3 is 9.63 Å². The summed E-state index contributed by atoms with van der Waals surface area (Å²) in [5, 5.41) is 0. The van der Waals surface area contributed by atoms with E-state index in [2.05, 4.69) is 4.52 Å². The molecule has 0 bridgehead atoms. The summed E-state index contributed by atoms with van der Waals surface area (Å²) < 4.78 is 51.9. The van der Waals surface area contributed by atoms with E-state index in [1.54, 1.807) is 12.1 Å². The van der Waals surface area contributed by atoms with Gasteiger partial charge in [0, 0.05) is 0 Å². The van der Waals surface area contributed by atoms with Gasteiger partial charge in [0.1, 0.15) is 11.5 Å². The molecule has 26 heavy (non-hydrogen) atoms. The molecule has 0 fully saturated rings. The van der Waals surface area contributed by atoms with Crippen LogP contribution in [-0.4, -0.2) is 74.7 Å². The Morgan fingerprint density at radius 2 is 1.58 bits per heavy atom. The van der Waals surface area contributed by atoms with Crippen LogP contribution < -0.4 is 4.74 Å². The number of para-hydroxylation sites is 1. The summed E-state index contributed by atoms with van der Waals surface area (Å²) in [5.74, 6) is 1.40. The van der Waals surface area contributed by atoms with Crippen molar-refractivity contribution < 1.29 is 31.7 Å². The molecule has 10 heteroatoms. The minimum atomic E-state index is -4.53. The molecule has 0 heterocycles. The van der Waals surface area contributed by atoms with Gasteiger partial charge in [-0.25, -0.2) is 0 Å². The first-order chi connectivity index (χ1) is 11.8. The minimum absolute atomic E-state index is 0. The molecule has 2 rings (SSSR count). The molecule has 7 nitrogen and oxygen atoms in total. The van der Waals surface area contributed by atoms with Crippen LogP contribution in [0.15, 0.2) is 54.6 Å². The molecule has 0 radical (unpaired) electrons. The van der Waals surface area contributed by atoms with E-state index in [-0.39, 0.29) is 57.8 Å². The zero-order valence-corrected chi connectivity index (χ0v) is 15.1. The van der Waals surface area contributed by atoms with E-state index in [4.69, 9.17) is 14.2 Å². The zero-order valence-electron chi connectivity index (χ0n) is 13.2. The molecule has 2 unspecified atom stereocenters. The summed E-state index contributed by atoms with van der Waals surface area (Å²) >= 11 is 0. The molecule has 2 aromatic carbocycles. The van der Waals surface area contributed by atoms with Gasteiger partial charge in [-0.3, -0.25) is 13.6 Å². The van der Waals surface area contributed by atoms with Crippen molar-refractivity contribution in [2.45, 2.75) is 24.7 Å². The number of rotatable bonds is 9. The van der Waals surface area contributed by atoms with Crippen LogP contribution in [0.3, 0.4) is 0 Å². The topological polar surface area (TPSA) is 110 Å². The number of aryl methyl sites for hydroxylation is 1. The van der Waals surface area contributed by atoms with Crippen LogP contribution in [0.25, 0.3) is 0 Å². The van der Waals surface area contributed by atoms with E-state index < -0.39 is 23.8 Å². The summed E-state index contributed by atoms with van der Waals surface area (Å²) in [7, 11) is -7.98. The molecular formula is C16H20KO7PS. The molecular weight excluding hydrogens is 406 g/mol. The third-order valence-corrected chi connectivity index (χ3v) is 5.03. The van der Waals surface area contributed by atoms with Gasteiger partial charge in [-0.1, -0.05) is 30.3 Å². The van der Waals surface area contributed by atoms with Gasteiger partial charge in [0.2, 0.25) is 0 Å². The molecule has 2 N–H and O–H groups in total. The quantitative estimate of drug-likeness (QED) is 0.360. The predicted octanol–water partition coefficient (Wildman–Crippen LogP) is 2.77. The van der Waals surface area contributed by atoms with E-state index in [0.29, 0.717) is 18.6 Å². The monoisotopic (exact) mass is 426 g/mol. The Hall–Kier alpha value is -0.0636. The molecule has 0 aliphatic carbocycles. The number of benzene rings is 2. The van der Waals surface area contributed by atoms with Gasteiger partial charge in [0.25, 0.3) is 10.1 Å². The average Bonchev–Trinajstić information content (AvgIpc) is 2.55. The van der Waals surface area contributed by atoms with Crippen LogP contribution in [0.5, 0.6) is 11.5 Å². The molecule has 0 saturated carbocycles. The van der Waals surface area contributed by atoms with Gasteiger partial charge in [-0.05, 0) is 49.1 Å². The standard InChI is InChI=1S/C16H19O7PS.K.H/c17-24(18)23-16(25(19,20)21)8-4-5-13-9-11-15(12-10-13)22-14-6-2-1-3-7-14;;/h1-3,6-7,9-12,16,24H,4-5,8H2,(H,17,18)(H,19,20,21);;. The normalized spacial score (nSPS) is 13.5. The fourth-order valence-corrected chi connectivity index (χ4v) is 3.74. The van der Waals surface area contributed by atoms with Crippen molar-refractivity contribution in [3.8, 4) is 11.5 Å². The Bertz CT molecular complexity index is 797. The predicted molar refractivity (Wildman–Crippen MR) is 101 cm³/mol. The van der Waals surface area contributed by atoms with Crippen LogP contribution in [0.2, 0.25) is 0 Å². The first kappa shape index (κ1) is 24.0. The van der Waals surface area contributed by atoms with Crippen LogP contribution in [0.1, 0.15) is 18.4 Å². The van der Waals surface area contributed by atoms with Crippen LogP contribution in [0, 0.1) is 0 Å². The van der Waals surface area contributed by atoms with Gasteiger partial charge in [0.05, 0.1) is 0 Å². The van der Waals surface area contributed by atoms with Crippen molar-refractivity contribution in [3.05, 3.63) is 60.2 Å². The second kappa shape index (κ2) is 11.7. The van der Waals surface area contributed by atoms with Gasteiger partial charge in [-0.15, -0.1) is 0 Å². The molecule has 2 aromatic rings. The molecule has 0 aliphatic rings. The fraction of sp³-hybridized carbons (Fsp3) is 0.250. The van der Waals surface area contributed by atoms with Crippen LogP contribution in [0.4, 0.5) is 0 Å². The van der Waals surface area contributed by atoms with Crippen molar-refractivity contribution in [2.75, 3.05) is 0 Å². The molecule has 0 aromatic heterocycles. The first-order valence-electron chi connectivity index (χ1n) is 7.52. The van der Waals surface area contributed by atoms with Crippen molar-refractivity contribution in [3.63, 3.8) is 0 Å². The van der Waals surface area contributed by atoms with E-state index in [1.807, 2.05) is 42.5 Å². The van der Waals surface area contributed by atoms with Gasteiger partial charge in [0.15, 0.2) is 5.44 Å². The van der Waals surface area contributed by atoms with Crippen molar-refractivity contribution in [1.29, 1.82) is 0 Å². The Labute approximate surface area is 195 Å². The summed E-state index contributed by atoms with van der Waals surface area (Å²) in [6.45, 7) is 0. The Morgan fingerprint density at radius 1 is 1.00 bits per heavy atom. The van der Waals surface area contributed by atoms with Crippen molar-refractivity contribution >= 4 is 69.8 Å². The van der Waals surface area contributed by atoms with E-state index in [0.717, 1.165) is 11.3 Å². The summed E-state index contributed by atoms with van der Waals surface area (Å²) in [6, 6.07) is 16.6. The fourth-order valence-electron chi connectivity index (χ4n) is 2.20. The van der Waals surface area contributed by atoms with Gasteiger partial charge in [-0.2, -0.15) is 8.42 Å². The molecule has 138 valence electrons. The van der Waals surface area contributed by atoms with E-state index >= 15 is 0 Å². The Balaban J connectivity index is 0.00000338. The molecule has 0 aliphatic heterocycles.